The van der Waals surface area contributed by atoms with Crippen LogP contribution in [0.3, 0.4) is 0 Å². The average molecular weight is 287 g/mol. The van der Waals surface area contributed by atoms with Gasteiger partial charge in [0.05, 0.1) is 12.7 Å². The van der Waals surface area contributed by atoms with Crippen LogP contribution in [0.25, 0.3) is 0 Å². The quantitative estimate of drug-likeness (QED) is 0.530. The second-order valence-corrected chi connectivity index (χ2v) is 5.48. The van der Waals surface area contributed by atoms with Crippen molar-refractivity contribution in [3.05, 3.63) is 59.2 Å². The molecule has 0 atom stereocenters. The smallest absolute Gasteiger partial charge is 0.339 e. The topological polar surface area (TPSA) is 52.3 Å². The number of nitrogens with two attached hydrogens (primary N) is 1. The molecule has 2 aromatic rings. The maximum atomic E-state index is 11.8. The molecule has 4 heteroatoms. The fourth-order valence-electron chi connectivity index (χ4n) is 1.94. The molecule has 0 saturated heterocycles. The van der Waals surface area contributed by atoms with Crippen LogP contribution in [0.2, 0.25) is 0 Å². The first kappa shape index (κ1) is 14.5. The van der Waals surface area contributed by atoms with Crippen molar-refractivity contribution >= 4 is 23.4 Å². The van der Waals surface area contributed by atoms with E-state index in [1.54, 1.807) is 30.0 Å². The lowest BCUT2D eigenvalue weighted by Crippen LogP contribution is -2.05. The molecule has 0 amide bonds. The third-order valence-electron chi connectivity index (χ3n) is 2.92. The van der Waals surface area contributed by atoms with Gasteiger partial charge in [-0.25, -0.2) is 4.79 Å². The molecule has 0 aliphatic carbocycles. The van der Waals surface area contributed by atoms with Crippen LogP contribution in [0.15, 0.2) is 47.4 Å². The first-order valence-electron chi connectivity index (χ1n) is 6.27. The number of benzene rings is 2. The number of carbonyl (C=O) groups excluding carboxylic acids is 1. The second kappa shape index (κ2) is 6.48. The Labute approximate surface area is 123 Å². The summed E-state index contributed by atoms with van der Waals surface area (Å²) in [4.78, 5) is 12.5. The highest BCUT2D eigenvalue weighted by atomic mass is 32.2. The first-order chi connectivity index (χ1) is 9.61. The lowest BCUT2D eigenvalue weighted by atomic mass is 10.2. The number of nitrogen functional groups attached to an aromatic ring is 1. The van der Waals surface area contributed by atoms with Crippen LogP contribution in [0, 0.1) is 6.92 Å². The Bertz CT molecular complexity index is 626. The monoisotopic (exact) mass is 287 g/mol. The van der Waals surface area contributed by atoms with Crippen molar-refractivity contribution in [2.75, 3.05) is 12.8 Å². The maximum Gasteiger partial charge on any atom is 0.339 e. The predicted octanol–water partition coefficient (Wildman–Crippen LogP) is 3.66. The number of rotatable bonds is 4. The van der Waals surface area contributed by atoms with Gasteiger partial charge in [-0.05, 0) is 24.6 Å². The normalized spacial score (nSPS) is 10.3. The Kier molecular flexibility index (Phi) is 4.69. The van der Waals surface area contributed by atoms with Crippen LogP contribution in [0.5, 0.6) is 0 Å². The highest BCUT2D eigenvalue weighted by Gasteiger charge is 2.14. The zero-order chi connectivity index (χ0) is 14.5. The fraction of sp³-hybridized carbons (Fsp3) is 0.188. The highest BCUT2D eigenvalue weighted by molar-refractivity contribution is 7.98. The number of ether oxygens (including phenoxy) is 1. The van der Waals surface area contributed by atoms with Gasteiger partial charge < -0.3 is 10.5 Å². The molecule has 0 fully saturated rings. The maximum absolute atomic E-state index is 11.8. The van der Waals surface area contributed by atoms with Crippen molar-refractivity contribution in [3.8, 4) is 0 Å². The Morgan fingerprint density at radius 1 is 1.25 bits per heavy atom. The number of hydrogen-bond donors (Lipinski definition) is 1. The summed E-state index contributed by atoms with van der Waals surface area (Å²) in [5.41, 5.74) is 9.52. The number of esters is 1. The van der Waals surface area contributed by atoms with E-state index in [-0.39, 0.29) is 5.97 Å². The van der Waals surface area contributed by atoms with Gasteiger partial charge >= 0.3 is 5.97 Å². The van der Waals surface area contributed by atoms with E-state index in [0.717, 1.165) is 10.6 Å². The van der Waals surface area contributed by atoms with Crippen molar-refractivity contribution in [2.45, 2.75) is 17.6 Å². The summed E-state index contributed by atoms with van der Waals surface area (Å²) in [6, 6.07) is 13.6. The van der Waals surface area contributed by atoms with Gasteiger partial charge in [0, 0.05) is 16.3 Å². The predicted molar refractivity (Wildman–Crippen MR) is 82.9 cm³/mol. The van der Waals surface area contributed by atoms with Gasteiger partial charge in [-0.15, -0.1) is 11.8 Å². The van der Waals surface area contributed by atoms with Gasteiger partial charge in [0.15, 0.2) is 0 Å². The Morgan fingerprint density at radius 3 is 2.70 bits per heavy atom. The zero-order valence-electron chi connectivity index (χ0n) is 11.6. The van der Waals surface area contributed by atoms with Gasteiger partial charge in [-0.1, -0.05) is 35.9 Å². The van der Waals surface area contributed by atoms with E-state index in [1.165, 1.54) is 18.2 Å². The Balaban J connectivity index is 2.23. The zero-order valence-corrected chi connectivity index (χ0v) is 12.4. The molecule has 104 valence electrons. The standard InChI is InChI=1S/C16H17NO2S/c1-11-5-3-6-12(9-11)10-20-15-13(16(18)19-2)7-4-8-14(15)17/h3-9H,10,17H2,1-2H3. The minimum absolute atomic E-state index is 0.357. The summed E-state index contributed by atoms with van der Waals surface area (Å²) in [6.07, 6.45) is 0. The van der Waals surface area contributed by atoms with Crippen molar-refractivity contribution in [2.24, 2.45) is 0 Å². The first-order valence-corrected chi connectivity index (χ1v) is 7.25. The molecule has 0 radical (unpaired) electrons. The SMILES string of the molecule is COC(=O)c1cccc(N)c1SCc1cccc(C)c1. The largest absolute Gasteiger partial charge is 0.465 e. The lowest BCUT2D eigenvalue weighted by molar-refractivity contribution is 0.0597. The number of aryl methyl sites for hydroxylation is 1. The lowest BCUT2D eigenvalue weighted by Gasteiger charge is -2.10. The van der Waals surface area contributed by atoms with Crippen LogP contribution >= 0.6 is 11.8 Å². The number of hydrogen-bond acceptors (Lipinski definition) is 4. The van der Waals surface area contributed by atoms with Crippen molar-refractivity contribution < 1.29 is 9.53 Å². The number of anilines is 1. The molecule has 0 aliphatic rings. The van der Waals surface area contributed by atoms with Crippen LogP contribution in [-0.4, -0.2) is 13.1 Å². The summed E-state index contributed by atoms with van der Waals surface area (Å²) >= 11 is 1.55. The summed E-state index contributed by atoms with van der Waals surface area (Å²) in [6.45, 7) is 2.06. The van der Waals surface area contributed by atoms with Crippen LogP contribution in [-0.2, 0) is 10.5 Å². The minimum Gasteiger partial charge on any atom is -0.465 e. The molecular formula is C16H17NO2S. The van der Waals surface area contributed by atoms with Gasteiger partial charge in [-0.3, -0.25) is 0 Å². The van der Waals surface area contributed by atoms with Crippen molar-refractivity contribution in [3.63, 3.8) is 0 Å². The fourth-order valence-corrected chi connectivity index (χ4v) is 2.98. The third-order valence-corrected chi connectivity index (χ3v) is 4.14. The van der Waals surface area contributed by atoms with E-state index in [9.17, 15) is 4.79 Å². The summed E-state index contributed by atoms with van der Waals surface area (Å²) in [5, 5.41) is 0. The molecule has 0 heterocycles. The van der Waals surface area contributed by atoms with Crippen molar-refractivity contribution in [1.29, 1.82) is 0 Å². The summed E-state index contributed by atoms with van der Waals surface area (Å²) in [7, 11) is 1.38. The van der Waals surface area contributed by atoms with E-state index in [4.69, 9.17) is 10.5 Å². The Hall–Kier alpha value is -1.94. The number of carbonyl (C=O) groups is 1. The molecule has 0 spiro atoms. The molecule has 0 saturated carbocycles. The van der Waals surface area contributed by atoms with Crippen molar-refractivity contribution in [1.82, 2.24) is 0 Å². The molecule has 2 N–H and O–H groups in total. The van der Waals surface area contributed by atoms with Crippen LogP contribution < -0.4 is 5.73 Å². The molecule has 0 unspecified atom stereocenters. The summed E-state index contributed by atoms with van der Waals surface area (Å²) < 4.78 is 4.80. The van der Waals surface area contributed by atoms with E-state index in [0.29, 0.717) is 11.3 Å². The van der Waals surface area contributed by atoms with E-state index in [1.807, 2.05) is 6.07 Å². The van der Waals surface area contributed by atoms with Gasteiger partial charge in [0.1, 0.15) is 0 Å². The minimum atomic E-state index is -0.357. The molecule has 3 nitrogen and oxygen atoms in total. The van der Waals surface area contributed by atoms with Gasteiger partial charge in [0.2, 0.25) is 0 Å². The number of thioether (sulfide) groups is 1. The molecule has 20 heavy (non-hydrogen) atoms. The van der Waals surface area contributed by atoms with E-state index >= 15 is 0 Å². The molecule has 0 aliphatic heterocycles. The van der Waals surface area contributed by atoms with E-state index < -0.39 is 0 Å². The molecule has 2 aromatic carbocycles. The van der Waals surface area contributed by atoms with E-state index in [2.05, 4.69) is 25.1 Å². The molecule has 2 rings (SSSR count). The van der Waals surface area contributed by atoms with Crippen LogP contribution in [0.4, 0.5) is 5.69 Å². The Morgan fingerprint density at radius 2 is 2.00 bits per heavy atom. The van der Waals surface area contributed by atoms with Crippen LogP contribution in [0.1, 0.15) is 21.5 Å². The molecule has 0 aromatic heterocycles. The average Bonchev–Trinajstić information content (AvgIpc) is 2.45. The van der Waals surface area contributed by atoms with Gasteiger partial charge in [0.25, 0.3) is 0 Å². The molecule has 0 bridgehead atoms. The number of methoxy groups -OCH3 is 1. The third kappa shape index (κ3) is 3.33. The van der Waals surface area contributed by atoms with Gasteiger partial charge in [-0.2, -0.15) is 0 Å². The summed E-state index contributed by atoms with van der Waals surface area (Å²) in [5.74, 6) is 0.406. The highest BCUT2D eigenvalue weighted by Crippen LogP contribution is 2.32. The second-order valence-electron chi connectivity index (χ2n) is 4.49. The molecular weight excluding hydrogens is 270 g/mol.